The number of urea groups is 1. The van der Waals surface area contributed by atoms with Crippen molar-refractivity contribution in [2.24, 2.45) is 0 Å². The fourth-order valence-electron chi connectivity index (χ4n) is 4.72. The van der Waals surface area contributed by atoms with Crippen LogP contribution in [-0.2, 0) is 19.4 Å². The van der Waals surface area contributed by atoms with Gasteiger partial charge in [-0.05, 0) is 62.9 Å². The van der Waals surface area contributed by atoms with E-state index in [0.717, 1.165) is 16.0 Å². The van der Waals surface area contributed by atoms with E-state index >= 15 is 0 Å². The molecule has 4 rings (SSSR count). The number of nitrogens with zero attached hydrogens (tertiary/aromatic N) is 3. The molecular formula is C33H45F4N5O2. The highest BCUT2D eigenvalue weighted by Crippen LogP contribution is 2.32. The van der Waals surface area contributed by atoms with Gasteiger partial charge in [0.2, 0.25) is 0 Å². The zero-order valence-electron chi connectivity index (χ0n) is 26.7. The van der Waals surface area contributed by atoms with Crippen molar-refractivity contribution in [1.82, 2.24) is 20.0 Å². The van der Waals surface area contributed by atoms with Crippen molar-refractivity contribution in [3.8, 4) is 5.69 Å². The summed E-state index contributed by atoms with van der Waals surface area (Å²) in [6.45, 7) is 12.7. The Bertz CT molecular complexity index is 1380. The molecule has 44 heavy (non-hydrogen) atoms. The van der Waals surface area contributed by atoms with Gasteiger partial charge in [0.15, 0.2) is 0 Å². The SMILES string of the molecule is CC.CCC.Cc1ccc(C(=N)N(CCC(F)(F)F)C(=O)NCc2nn(-c3cc(C)cc(F)c3)c3c2CCC(C)(O)C3)cc1. The van der Waals surface area contributed by atoms with Gasteiger partial charge in [0.1, 0.15) is 11.7 Å². The third-order valence-corrected chi connectivity index (χ3v) is 6.77. The van der Waals surface area contributed by atoms with Crippen molar-refractivity contribution in [3.05, 3.63) is 81.9 Å². The predicted octanol–water partition coefficient (Wildman–Crippen LogP) is 7.80. The van der Waals surface area contributed by atoms with Gasteiger partial charge in [0.25, 0.3) is 0 Å². The Hall–Kier alpha value is -3.73. The highest BCUT2D eigenvalue weighted by Gasteiger charge is 2.34. The molecule has 1 aliphatic carbocycles. The number of nitrogens with one attached hydrogen (secondary N) is 2. The lowest BCUT2D eigenvalue weighted by Crippen LogP contribution is -2.45. The second-order valence-corrected chi connectivity index (χ2v) is 11.0. The molecule has 2 amide bonds. The second-order valence-electron chi connectivity index (χ2n) is 11.0. The molecule has 0 bridgehead atoms. The van der Waals surface area contributed by atoms with Crippen molar-refractivity contribution in [3.63, 3.8) is 0 Å². The smallest absolute Gasteiger partial charge is 0.390 e. The van der Waals surface area contributed by atoms with Gasteiger partial charge in [-0.15, -0.1) is 0 Å². The molecule has 242 valence electrons. The van der Waals surface area contributed by atoms with Gasteiger partial charge in [-0.1, -0.05) is 63.9 Å². The highest BCUT2D eigenvalue weighted by molar-refractivity contribution is 6.05. The first kappa shape index (κ1) is 36.5. The monoisotopic (exact) mass is 619 g/mol. The van der Waals surface area contributed by atoms with Crippen molar-refractivity contribution >= 4 is 11.9 Å². The van der Waals surface area contributed by atoms with E-state index in [2.05, 4.69) is 24.3 Å². The Morgan fingerprint density at radius 2 is 1.73 bits per heavy atom. The van der Waals surface area contributed by atoms with Crippen molar-refractivity contribution in [1.29, 1.82) is 5.41 Å². The number of amidine groups is 1. The van der Waals surface area contributed by atoms with Crippen molar-refractivity contribution in [2.45, 2.75) is 98.9 Å². The minimum atomic E-state index is -4.51. The predicted molar refractivity (Wildman–Crippen MR) is 166 cm³/mol. The van der Waals surface area contributed by atoms with Crippen molar-refractivity contribution in [2.75, 3.05) is 6.54 Å². The van der Waals surface area contributed by atoms with Gasteiger partial charge >= 0.3 is 12.2 Å². The van der Waals surface area contributed by atoms with Crippen LogP contribution in [0.3, 0.4) is 0 Å². The number of hydrogen-bond acceptors (Lipinski definition) is 4. The highest BCUT2D eigenvalue weighted by atomic mass is 19.4. The number of fused-ring (bicyclic) bond motifs is 1. The summed E-state index contributed by atoms with van der Waals surface area (Å²) in [5, 5.41) is 26.4. The number of hydrogen-bond donors (Lipinski definition) is 3. The molecule has 1 aliphatic rings. The van der Waals surface area contributed by atoms with Crippen LogP contribution in [0, 0.1) is 25.1 Å². The number of halogens is 4. The first-order chi connectivity index (χ1) is 20.6. The topological polar surface area (TPSA) is 94.2 Å². The van der Waals surface area contributed by atoms with Crippen LogP contribution in [0.25, 0.3) is 5.69 Å². The number of rotatable bonds is 6. The molecule has 0 aliphatic heterocycles. The third kappa shape index (κ3) is 10.2. The van der Waals surface area contributed by atoms with Gasteiger partial charge < -0.3 is 10.4 Å². The summed E-state index contributed by atoms with van der Waals surface area (Å²) >= 11 is 0. The molecule has 0 spiro atoms. The number of alkyl halides is 3. The molecule has 0 fully saturated rings. The summed E-state index contributed by atoms with van der Waals surface area (Å²) in [6, 6.07) is 10.2. The van der Waals surface area contributed by atoms with E-state index < -0.39 is 36.6 Å². The average molecular weight is 620 g/mol. The summed E-state index contributed by atoms with van der Waals surface area (Å²) < 4.78 is 54.8. The van der Waals surface area contributed by atoms with Gasteiger partial charge in [-0.25, -0.2) is 13.9 Å². The van der Waals surface area contributed by atoms with Crippen LogP contribution in [0.2, 0.25) is 0 Å². The fraction of sp³-hybridized carbons (Fsp3) is 0.485. The van der Waals surface area contributed by atoms with Gasteiger partial charge in [-0.2, -0.15) is 18.3 Å². The molecule has 1 atom stereocenters. The van der Waals surface area contributed by atoms with Crippen LogP contribution < -0.4 is 5.32 Å². The Morgan fingerprint density at radius 1 is 1.11 bits per heavy atom. The second kappa shape index (κ2) is 15.8. The largest absolute Gasteiger partial charge is 0.390 e. The molecule has 0 radical (unpaired) electrons. The Labute approximate surface area is 257 Å². The molecule has 3 N–H and O–H groups in total. The molecule has 2 aromatic carbocycles. The normalized spacial score (nSPS) is 15.6. The van der Waals surface area contributed by atoms with Crippen LogP contribution in [-0.4, -0.2) is 50.0 Å². The maximum absolute atomic E-state index is 14.2. The zero-order valence-corrected chi connectivity index (χ0v) is 26.7. The van der Waals surface area contributed by atoms with Crippen LogP contribution in [0.5, 0.6) is 0 Å². The Balaban J connectivity index is 0.00000127. The van der Waals surface area contributed by atoms with E-state index in [-0.39, 0.29) is 18.8 Å². The van der Waals surface area contributed by atoms with E-state index in [1.807, 2.05) is 20.8 Å². The van der Waals surface area contributed by atoms with E-state index in [1.165, 1.54) is 18.6 Å². The van der Waals surface area contributed by atoms with Gasteiger partial charge in [0.05, 0.1) is 35.6 Å². The summed E-state index contributed by atoms with van der Waals surface area (Å²) in [6.07, 6.45) is -3.37. The number of amides is 2. The summed E-state index contributed by atoms with van der Waals surface area (Å²) in [5.41, 5.74) is 3.31. The number of aryl methyl sites for hydroxylation is 2. The van der Waals surface area contributed by atoms with Crippen LogP contribution >= 0.6 is 0 Å². The van der Waals surface area contributed by atoms with E-state index in [1.54, 1.807) is 48.9 Å². The molecule has 11 heteroatoms. The van der Waals surface area contributed by atoms with Crippen LogP contribution in [0.15, 0.2) is 42.5 Å². The Morgan fingerprint density at radius 3 is 2.30 bits per heavy atom. The lowest BCUT2D eigenvalue weighted by molar-refractivity contribution is -0.135. The molecule has 1 heterocycles. The zero-order chi connectivity index (χ0) is 33.2. The molecule has 0 saturated carbocycles. The molecule has 3 aromatic rings. The molecule has 7 nitrogen and oxygen atoms in total. The molecule has 1 aromatic heterocycles. The number of benzene rings is 2. The first-order valence-electron chi connectivity index (χ1n) is 15.0. The standard InChI is InChI=1S/C28H31F4N5O2.C3H8.C2H6/c1-17-4-6-19(7-5-17)25(33)36(11-10-28(30,31)32)26(38)34-16-23-22-8-9-27(3,39)15-24(22)37(35-23)21-13-18(2)12-20(29)14-21;1-3-2;1-2/h4-7,12-14,33,39H,8-11,15-16H2,1-3H3,(H,34,38);3H2,1-2H3;1-2H3. The molecule has 0 saturated heterocycles. The minimum absolute atomic E-state index is 0.117. The van der Waals surface area contributed by atoms with E-state index in [9.17, 15) is 27.5 Å². The number of aromatic nitrogens is 2. The lowest BCUT2D eigenvalue weighted by Gasteiger charge is -2.29. The third-order valence-electron chi connectivity index (χ3n) is 6.77. The van der Waals surface area contributed by atoms with Gasteiger partial charge in [-0.3, -0.25) is 10.3 Å². The summed E-state index contributed by atoms with van der Waals surface area (Å²) in [7, 11) is 0. The number of carbonyl (C=O) groups excluding carboxylic acids is 1. The molecule has 1 unspecified atom stereocenters. The van der Waals surface area contributed by atoms with Gasteiger partial charge in [0, 0.05) is 18.5 Å². The number of aliphatic hydroxyl groups is 1. The van der Waals surface area contributed by atoms with Crippen LogP contribution in [0.1, 0.15) is 87.5 Å². The van der Waals surface area contributed by atoms with Crippen LogP contribution in [0.4, 0.5) is 22.4 Å². The summed E-state index contributed by atoms with van der Waals surface area (Å²) in [5.74, 6) is -0.794. The first-order valence-corrected chi connectivity index (χ1v) is 15.0. The maximum atomic E-state index is 14.2. The van der Waals surface area contributed by atoms with Crippen molar-refractivity contribution < 1.29 is 27.5 Å². The molecular weight excluding hydrogens is 574 g/mol. The minimum Gasteiger partial charge on any atom is -0.390 e. The van der Waals surface area contributed by atoms with E-state index in [0.29, 0.717) is 41.0 Å². The fourth-order valence-corrected chi connectivity index (χ4v) is 4.72. The Kier molecular flexibility index (Phi) is 13.1. The quantitative estimate of drug-likeness (QED) is 0.149. The van der Waals surface area contributed by atoms with E-state index in [4.69, 9.17) is 5.41 Å². The summed E-state index contributed by atoms with van der Waals surface area (Å²) in [4.78, 5) is 13.9. The average Bonchev–Trinajstić information content (AvgIpc) is 3.29. The lowest BCUT2D eigenvalue weighted by atomic mass is 9.84. The number of carbonyl (C=O) groups is 1. The maximum Gasteiger partial charge on any atom is 0.390 e.